The average molecular weight is 213 g/mol. The van der Waals surface area contributed by atoms with Crippen molar-refractivity contribution in [2.24, 2.45) is 5.92 Å². The average Bonchev–Trinajstić information content (AvgIpc) is 2.26. The van der Waals surface area contributed by atoms with Crippen LogP contribution in [0.1, 0.15) is 45.4 Å². The second-order valence-electron chi connectivity index (χ2n) is 4.34. The van der Waals surface area contributed by atoms with Crippen molar-refractivity contribution in [2.75, 3.05) is 19.7 Å². The molecule has 1 saturated heterocycles. The minimum absolute atomic E-state index is 0.0141. The molecule has 3 nitrogen and oxygen atoms in total. The van der Waals surface area contributed by atoms with Crippen LogP contribution in [0.3, 0.4) is 0 Å². The van der Waals surface area contributed by atoms with Crippen molar-refractivity contribution in [3.8, 4) is 0 Å². The summed E-state index contributed by atoms with van der Waals surface area (Å²) in [6.45, 7) is 4.83. The van der Waals surface area contributed by atoms with Gasteiger partial charge in [0, 0.05) is 6.42 Å². The van der Waals surface area contributed by atoms with Gasteiger partial charge >= 0.3 is 5.97 Å². The molecule has 1 atom stereocenters. The number of unbranched alkanes of at least 4 members (excludes halogenated alkanes) is 2. The van der Waals surface area contributed by atoms with Gasteiger partial charge in [0.1, 0.15) is 0 Å². The first-order valence-electron chi connectivity index (χ1n) is 6.19. The van der Waals surface area contributed by atoms with Crippen LogP contribution in [0.25, 0.3) is 0 Å². The van der Waals surface area contributed by atoms with Crippen LogP contribution in [-0.4, -0.2) is 25.7 Å². The molecule has 0 spiro atoms. The van der Waals surface area contributed by atoms with Crippen LogP contribution in [0, 0.1) is 5.92 Å². The molecule has 0 saturated carbocycles. The van der Waals surface area contributed by atoms with Gasteiger partial charge in [-0.3, -0.25) is 4.79 Å². The van der Waals surface area contributed by atoms with E-state index in [1.807, 2.05) is 0 Å². The molecule has 88 valence electrons. The van der Waals surface area contributed by atoms with Crippen molar-refractivity contribution in [3.63, 3.8) is 0 Å². The molecule has 1 unspecified atom stereocenters. The van der Waals surface area contributed by atoms with E-state index in [0.717, 1.165) is 32.4 Å². The molecule has 1 rings (SSSR count). The van der Waals surface area contributed by atoms with E-state index in [4.69, 9.17) is 4.74 Å². The van der Waals surface area contributed by atoms with Crippen molar-refractivity contribution in [1.29, 1.82) is 0 Å². The first-order valence-corrected chi connectivity index (χ1v) is 6.19. The van der Waals surface area contributed by atoms with Crippen LogP contribution in [-0.2, 0) is 9.53 Å². The van der Waals surface area contributed by atoms with Gasteiger partial charge in [0.05, 0.1) is 6.61 Å². The Hall–Kier alpha value is -0.570. The molecular weight excluding hydrogens is 190 g/mol. The summed E-state index contributed by atoms with van der Waals surface area (Å²) in [6, 6.07) is 0. The summed E-state index contributed by atoms with van der Waals surface area (Å²) in [5, 5.41) is 3.31. The van der Waals surface area contributed by atoms with Crippen molar-refractivity contribution >= 4 is 5.97 Å². The second kappa shape index (κ2) is 7.69. The Morgan fingerprint density at radius 2 is 2.33 bits per heavy atom. The van der Waals surface area contributed by atoms with Gasteiger partial charge in [-0.25, -0.2) is 0 Å². The number of carbonyl (C=O) groups is 1. The summed E-state index contributed by atoms with van der Waals surface area (Å²) < 4.78 is 5.18. The highest BCUT2D eigenvalue weighted by Crippen LogP contribution is 2.14. The number of hydrogen-bond acceptors (Lipinski definition) is 3. The third kappa shape index (κ3) is 5.78. The summed E-state index contributed by atoms with van der Waals surface area (Å²) in [5.74, 6) is 0.484. The fraction of sp³-hybridized carbons (Fsp3) is 0.917. The summed E-state index contributed by atoms with van der Waals surface area (Å²) in [6.07, 6.45) is 6.28. The minimum atomic E-state index is -0.0141. The number of carbonyl (C=O) groups excluding carboxylic acids is 1. The van der Waals surface area contributed by atoms with Crippen LogP contribution in [0.5, 0.6) is 0 Å². The molecule has 1 aliphatic rings. The lowest BCUT2D eigenvalue weighted by Gasteiger charge is -2.21. The summed E-state index contributed by atoms with van der Waals surface area (Å²) in [5.41, 5.74) is 0. The van der Waals surface area contributed by atoms with E-state index in [2.05, 4.69) is 12.2 Å². The Bertz CT molecular complexity index is 176. The quantitative estimate of drug-likeness (QED) is 0.542. The Kier molecular flexibility index (Phi) is 6.41. The van der Waals surface area contributed by atoms with Gasteiger partial charge in [-0.15, -0.1) is 0 Å². The zero-order valence-corrected chi connectivity index (χ0v) is 9.76. The van der Waals surface area contributed by atoms with Crippen LogP contribution >= 0.6 is 0 Å². The van der Waals surface area contributed by atoms with Crippen LogP contribution < -0.4 is 5.32 Å². The zero-order chi connectivity index (χ0) is 10.9. The molecule has 0 aromatic carbocycles. The smallest absolute Gasteiger partial charge is 0.306 e. The Morgan fingerprint density at radius 3 is 3.00 bits per heavy atom. The van der Waals surface area contributed by atoms with Crippen LogP contribution in [0.2, 0.25) is 0 Å². The van der Waals surface area contributed by atoms with E-state index in [0.29, 0.717) is 18.9 Å². The number of hydrogen-bond donors (Lipinski definition) is 1. The highest BCUT2D eigenvalue weighted by atomic mass is 16.5. The van der Waals surface area contributed by atoms with Crippen LogP contribution in [0.4, 0.5) is 0 Å². The number of piperidine rings is 1. The minimum Gasteiger partial charge on any atom is -0.466 e. The summed E-state index contributed by atoms with van der Waals surface area (Å²) >= 11 is 0. The van der Waals surface area contributed by atoms with Crippen LogP contribution in [0.15, 0.2) is 0 Å². The monoisotopic (exact) mass is 213 g/mol. The Morgan fingerprint density at radius 1 is 1.47 bits per heavy atom. The third-order valence-electron chi connectivity index (χ3n) is 2.87. The largest absolute Gasteiger partial charge is 0.466 e. The number of ether oxygens (including phenoxy) is 1. The molecule has 1 heterocycles. The van der Waals surface area contributed by atoms with E-state index < -0.39 is 0 Å². The first-order chi connectivity index (χ1) is 7.33. The second-order valence-corrected chi connectivity index (χ2v) is 4.34. The standard InChI is InChI=1S/C12H23NO2/c1-2-3-4-8-15-12(14)9-11-6-5-7-13-10-11/h11,13H,2-10H2,1H3. The third-order valence-corrected chi connectivity index (χ3v) is 2.87. The van der Waals surface area contributed by atoms with Crippen molar-refractivity contribution < 1.29 is 9.53 Å². The molecular formula is C12H23NO2. The molecule has 1 fully saturated rings. The van der Waals surface area contributed by atoms with Gasteiger partial charge in [-0.1, -0.05) is 19.8 Å². The Balaban J connectivity index is 2.01. The fourth-order valence-corrected chi connectivity index (χ4v) is 1.93. The molecule has 0 aromatic heterocycles. The SMILES string of the molecule is CCCCCOC(=O)CC1CCCNC1. The normalized spacial score (nSPS) is 21.3. The highest BCUT2D eigenvalue weighted by Gasteiger charge is 2.17. The lowest BCUT2D eigenvalue weighted by molar-refractivity contribution is -0.145. The van der Waals surface area contributed by atoms with Gasteiger partial charge in [-0.2, -0.15) is 0 Å². The van der Waals surface area contributed by atoms with Crippen molar-refractivity contribution in [3.05, 3.63) is 0 Å². The molecule has 0 bridgehead atoms. The molecule has 1 N–H and O–H groups in total. The van der Waals surface area contributed by atoms with Gasteiger partial charge in [-0.05, 0) is 38.3 Å². The molecule has 15 heavy (non-hydrogen) atoms. The Labute approximate surface area is 92.6 Å². The highest BCUT2D eigenvalue weighted by molar-refractivity contribution is 5.69. The molecule has 3 heteroatoms. The predicted octanol–water partition coefficient (Wildman–Crippen LogP) is 2.11. The zero-order valence-electron chi connectivity index (χ0n) is 9.76. The maximum absolute atomic E-state index is 11.4. The van der Waals surface area contributed by atoms with E-state index in [-0.39, 0.29) is 5.97 Å². The molecule has 0 amide bonds. The molecule has 1 aliphatic heterocycles. The molecule has 0 aromatic rings. The molecule has 0 aliphatic carbocycles. The van der Waals surface area contributed by atoms with E-state index in [9.17, 15) is 4.79 Å². The first kappa shape index (κ1) is 12.5. The maximum Gasteiger partial charge on any atom is 0.306 e. The lowest BCUT2D eigenvalue weighted by atomic mass is 9.96. The topological polar surface area (TPSA) is 38.3 Å². The summed E-state index contributed by atoms with van der Waals surface area (Å²) in [7, 11) is 0. The fourth-order valence-electron chi connectivity index (χ4n) is 1.93. The van der Waals surface area contributed by atoms with E-state index in [1.54, 1.807) is 0 Å². The summed E-state index contributed by atoms with van der Waals surface area (Å²) in [4.78, 5) is 11.4. The number of nitrogens with one attached hydrogen (secondary N) is 1. The van der Waals surface area contributed by atoms with Gasteiger partial charge < -0.3 is 10.1 Å². The number of esters is 1. The van der Waals surface area contributed by atoms with Crippen molar-refractivity contribution in [1.82, 2.24) is 5.32 Å². The van der Waals surface area contributed by atoms with Gasteiger partial charge in [0.15, 0.2) is 0 Å². The van der Waals surface area contributed by atoms with Crippen molar-refractivity contribution in [2.45, 2.75) is 45.4 Å². The van der Waals surface area contributed by atoms with Gasteiger partial charge in [0.25, 0.3) is 0 Å². The maximum atomic E-state index is 11.4. The molecule has 0 radical (unpaired) electrons. The van der Waals surface area contributed by atoms with E-state index in [1.165, 1.54) is 12.8 Å². The predicted molar refractivity (Wildman–Crippen MR) is 60.7 cm³/mol. The van der Waals surface area contributed by atoms with E-state index >= 15 is 0 Å². The lowest BCUT2D eigenvalue weighted by Crippen LogP contribution is -2.31. The number of rotatable bonds is 6. The van der Waals surface area contributed by atoms with Gasteiger partial charge in [0.2, 0.25) is 0 Å².